The van der Waals surface area contributed by atoms with Gasteiger partial charge in [-0.1, -0.05) is 24.3 Å². The minimum absolute atomic E-state index is 0.123. The standard InChI is InChI=1S/C20H20N4O2/c1-3-23-13-24(12-18(23)25)20-17-7-5-4-6-16(17)19(21-22-20)14-8-10-15(26-2)11-9-14/h4-11H,3,12-13H2,1-2H3. The van der Waals surface area contributed by atoms with Crippen LogP contribution in [0.2, 0.25) is 0 Å². The highest BCUT2D eigenvalue weighted by atomic mass is 16.5. The number of aromatic nitrogens is 2. The number of hydrogen-bond donors (Lipinski definition) is 0. The van der Waals surface area contributed by atoms with E-state index in [2.05, 4.69) is 10.2 Å². The molecule has 3 aromatic rings. The van der Waals surface area contributed by atoms with E-state index in [0.29, 0.717) is 19.8 Å². The maximum atomic E-state index is 12.1. The van der Waals surface area contributed by atoms with Crippen molar-refractivity contribution in [3.05, 3.63) is 48.5 Å². The lowest BCUT2D eigenvalue weighted by molar-refractivity contribution is -0.126. The van der Waals surface area contributed by atoms with Crippen LogP contribution in [-0.2, 0) is 4.79 Å². The summed E-state index contributed by atoms with van der Waals surface area (Å²) in [4.78, 5) is 15.9. The molecule has 1 fully saturated rings. The van der Waals surface area contributed by atoms with Crippen molar-refractivity contribution in [2.45, 2.75) is 6.92 Å². The zero-order chi connectivity index (χ0) is 18.1. The van der Waals surface area contributed by atoms with Crippen molar-refractivity contribution < 1.29 is 9.53 Å². The van der Waals surface area contributed by atoms with Gasteiger partial charge in [-0.25, -0.2) is 0 Å². The van der Waals surface area contributed by atoms with E-state index in [1.807, 2.05) is 65.3 Å². The number of hydrogen-bond acceptors (Lipinski definition) is 5. The van der Waals surface area contributed by atoms with E-state index in [4.69, 9.17) is 4.74 Å². The number of likely N-dealkylation sites (N-methyl/N-ethyl adjacent to an activating group) is 1. The molecule has 0 spiro atoms. The maximum absolute atomic E-state index is 12.1. The van der Waals surface area contributed by atoms with Crippen molar-refractivity contribution in [3.63, 3.8) is 0 Å². The van der Waals surface area contributed by atoms with Gasteiger partial charge in [0.2, 0.25) is 5.91 Å². The monoisotopic (exact) mass is 348 g/mol. The number of carbonyl (C=O) groups is 1. The summed E-state index contributed by atoms with van der Waals surface area (Å²) in [6.45, 7) is 3.58. The molecule has 2 aromatic carbocycles. The van der Waals surface area contributed by atoms with Gasteiger partial charge in [0.05, 0.1) is 13.8 Å². The predicted molar refractivity (Wildman–Crippen MR) is 101 cm³/mol. The van der Waals surface area contributed by atoms with Gasteiger partial charge in [0, 0.05) is 22.9 Å². The van der Waals surface area contributed by atoms with Gasteiger partial charge in [0.1, 0.15) is 18.0 Å². The first kappa shape index (κ1) is 16.3. The number of benzene rings is 2. The van der Waals surface area contributed by atoms with E-state index in [-0.39, 0.29) is 5.91 Å². The molecule has 0 aliphatic carbocycles. The molecule has 1 amide bonds. The Morgan fingerprint density at radius 1 is 1.04 bits per heavy atom. The average Bonchev–Trinajstić information content (AvgIpc) is 3.07. The summed E-state index contributed by atoms with van der Waals surface area (Å²) >= 11 is 0. The van der Waals surface area contributed by atoms with Gasteiger partial charge < -0.3 is 14.5 Å². The number of amides is 1. The van der Waals surface area contributed by atoms with Gasteiger partial charge in [0.25, 0.3) is 0 Å². The summed E-state index contributed by atoms with van der Waals surface area (Å²) in [5, 5.41) is 11.0. The summed E-state index contributed by atoms with van der Waals surface area (Å²) in [6.07, 6.45) is 0. The van der Waals surface area contributed by atoms with E-state index in [0.717, 1.165) is 33.6 Å². The molecular formula is C20H20N4O2. The predicted octanol–water partition coefficient (Wildman–Crippen LogP) is 2.93. The second-order valence-electron chi connectivity index (χ2n) is 6.24. The molecule has 2 heterocycles. The average molecular weight is 348 g/mol. The Hall–Kier alpha value is -3.15. The van der Waals surface area contributed by atoms with Gasteiger partial charge in [-0.05, 0) is 31.2 Å². The largest absolute Gasteiger partial charge is 0.497 e. The molecule has 0 N–H and O–H groups in total. The zero-order valence-electron chi connectivity index (χ0n) is 14.8. The smallest absolute Gasteiger partial charge is 0.243 e. The molecule has 26 heavy (non-hydrogen) atoms. The van der Waals surface area contributed by atoms with Crippen LogP contribution in [-0.4, -0.2) is 47.9 Å². The summed E-state index contributed by atoms with van der Waals surface area (Å²) in [5.41, 5.74) is 1.80. The van der Waals surface area contributed by atoms with Crippen molar-refractivity contribution in [2.24, 2.45) is 0 Å². The molecule has 1 aromatic heterocycles. The van der Waals surface area contributed by atoms with Gasteiger partial charge in [0.15, 0.2) is 5.82 Å². The fraction of sp³-hybridized carbons (Fsp3) is 0.250. The third kappa shape index (κ3) is 2.73. The molecule has 132 valence electrons. The topological polar surface area (TPSA) is 58.6 Å². The summed E-state index contributed by atoms with van der Waals surface area (Å²) in [5.74, 6) is 1.68. The molecule has 0 radical (unpaired) electrons. The second kappa shape index (κ2) is 6.63. The van der Waals surface area contributed by atoms with Crippen molar-refractivity contribution in [1.82, 2.24) is 15.1 Å². The molecule has 1 aliphatic heterocycles. The van der Waals surface area contributed by atoms with Crippen molar-refractivity contribution in [2.75, 3.05) is 31.8 Å². The number of nitrogens with zero attached hydrogens (tertiary/aromatic N) is 4. The summed E-state index contributed by atoms with van der Waals surface area (Å²) in [7, 11) is 1.65. The van der Waals surface area contributed by atoms with Crippen LogP contribution in [0, 0.1) is 0 Å². The minimum atomic E-state index is 0.123. The molecule has 0 unspecified atom stereocenters. The normalized spacial score (nSPS) is 14.3. The number of rotatable bonds is 4. The van der Waals surface area contributed by atoms with E-state index in [9.17, 15) is 4.79 Å². The summed E-state index contributed by atoms with van der Waals surface area (Å²) in [6, 6.07) is 15.8. The highest BCUT2D eigenvalue weighted by Gasteiger charge is 2.28. The van der Waals surface area contributed by atoms with Crippen LogP contribution in [0.5, 0.6) is 5.75 Å². The van der Waals surface area contributed by atoms with Gasteiger partial charge in [-0.3, -0.25) is 4.79 Å². The molecule has 6 heteroatoms. The van der Waals surface area contributed by atoms with Crippen LogP contribution in [0.25, 0.3) is 22.0 Å². The van der Waals surface area contributed by atoms with Crippen molar-refractivity contribution in [1.29, 1.82) is 0 Å². The molecule has 1 saturated heterocycles. The van der Waals surface area contributed by atoms with Gasteiger partial charge >= 0.3 is 0 Å². The number of ether oxygens (including phenoxy) is 1. The Kier molecular flexibility index (Phi) is 4.16. The first-order valence-electron chi connectivity index (χ1n) is 8.64. The van der Waals surface area contributed by atoms with E-state index in [1.54, 1.807) is 7.11 Å². The Labute approximate surface area is 152 Å². The number of fused-ring (bicyclic) bond motifs is 1. The van der Waals surface area contributed by atoms with Crippen LogP contribution in [0.15, 0.2) is 48.5 Å². The fourth-order valence-electron chi connectivity index (χ4n) is 3.30. The Morgan fingerprint density at radius 2 is 1.77 bits per heavy atom. The Balaban J connectivity index is 1.80. The third-order valence-electron chi connectivity index (χ3n) is 4.73. The number of carbonyl (C=O) groups excluding carboxylic acids is 1. The highest BCUT2D eigenvalue weighted by molar-refractivity contribution is 6.01. The third-order valence-corrected chi connectivity index (χ3v) is 4.73. The van der Waals surface area contributed by atoms with Crippen LogP contribution < -0.4 is 9.64 Å². The van der Waals surface area contributed by atoms with E-state index < -0.39 is 0 Å². The molecule has 1 aliphatic rings. The second-order valence-corrected chi connectivity index (χ2v) is 6.24. The fourth-order valence-corrected chi connectivity index (χ4v) is 3.30. The minimum Gasteiger partial charge on any atom is -0.497 e. The zero-order valence-corrected chi connectivity index (χ0v) is 14.8. The molecule has 0 saturated carbocycles. The molecule has 0 atom stereocenters. The number of anilines is 1. The van der Waals surface area contributed by atoms with Crippen molar-refractivity contribution in [3.8, 4) is 17.0 Å². The highest BCUT2D eigenvalue weighted by Crippen LogP contribution is 2.32. The van der Waals surface area contributed by atoms with E-state index >= 15 is 0 Å². The molecule has 4 rings (SSSR count). The lowest BCUT2D eigenvalue weighted by atomic mass is 10.0. The summed E-state index contributed by atoms with van der Waals surface area (Å²) < 4.78 is 5.23. The first-order valence-corrected chi connectivity index (χ1v) is 8.64. The van der Waals surface area contributed by atoms with Crippen molar-refractivity contribution >= 4 is 22.5 Å². The molecule has 0 bridgehead atoms. The molecule has 6 nitrogen and oxygen atoms in total. The van der Waals surface area contributed by atoms with Gasteiger partial charge in [-0.2, -0.15) is 0 Å². The molecular weight excluding hydrogens is 328 g/mol. The Morgan fingerprint density at radius 3 is 2.42 bits per heavy atom. The SMILES string of the molecule is CCN1CN(c2nnc(-c3ccc(OC)cc3)c3ccccc23)CC1=O. The quantitative estimate of drug-likeness (QED) is 0.725. The maximum Gasteiger partial charge on any atom is 0.243 e. The van der Waals surface area contributed by atoms with Crippen LogP contribution >= 0.6 is 0 Å². The number of methoxy groups -OCH3 is 1. The lowest BCUT2D eigenvalue weighted by Gasteiger charge is -2.19. The van der Waals surface area contributed by atoms with E-state index in [1.165, 1.54) is 0 Å². The Bertz CT molecular complexity index is 956. The van der Waals surface area contributed by atoms with Crippen LogP contribution in [0.1, 0.15) is 6.92 Å². The van der Waals surface area contributed by atoms with Crippen LogP contribution in [0.4, 0.5) is 5.82 Å². The van der Waals surface area contributed by atoms with Gasteiger partial charge in [-0.15, -0.1) is 10.2 Å². The lowest BCUT2D eigenvalue weighted by Crippen LogP contribution is -2.27. The first-order chi connectivity index (χ1) is 12.7. The van der Waals surface area contributed by atoms with Crippen LogP contribution in [0.3, 0.4) is 0 Å².